The van der Waals surface area contributed by atoms with E-state index in [0.29, 0.717) is 11.3 Å². The summed E-state index contributed by atoms with van der Waals surface area (Å²) in [5.41, 5.74) is -0.626. The Morgan fingerprint density at radius 2 is 2.06 bits per heavy atom. The fraction of sp³-hybridized carbons (Fsp3) is 0.545. The summed E-state index contributed by atoms with van der Waals surface area (Å²) in [7, 11) is 0. The fourth-order valence-corrected chi connectivity index (χ4v) is 2.08. The zero-order valence-corrected chi connectivity index (χ0v) is 11.6. The highest BCUT2D eigenvalue weighted by Gasteiger charge is 2.20. The summed E-state index contributed by atoms with van der Waals surface area (Å²) in [6, 6.07) is 0. The normalized spacial score (nSPS) is 11.1. The highest BCUT2D eigenvalue weighted by Crippen LogP contribution is 2.24. The molecule has 0 saturated carbocycles. The average Bonchev–Trinajstić information content (AvgIpc) is 2.57. The first-order chi connectivity index (χ1) is 8.23. The highest BCUT2D eigenvalue weighted by molar-refractivity contribution is 7.16. The first-order valence-electron chi connectivity index (χ1n) is 5.46. The van der Waals surface area contributed by atoms with Gasteiger partial charge in [0.1, 0.15) is 5.60 Å². The molecule has 7 heteroatoms. The van der Waals surface area contributed by atoms with Crippen LogP contribution >= 0.6 is 11.3 Å². The van der Waals surface area contributed by atoms with Crippen molar-refractivity contribution >= 4 is 28.5 Å². The lowest BCUT2D eigenvalue weighted by molar-refractivity contribution is 0.0632. The van der Waals surface area contributed by atoms with Gasteiger partial charge in [-0.05, 0) is 27.2 Å². The quantitative estimate of drug-likeness (QED) is 0.883. The van der Waals surface area contributed by atoms with Gasteiger partial charge in [-0.25, -0.2) is 14.6 Å². The molecule has 18 heavy (non-hydrogen) atoms. The van der Waals surface area contributed by atoms with Crippen LogP contribution in [0.1, 0.15) is 43.1 Å². The molecule has 2 N–H and O–H groups in total. The Morgan fingerprint density at radius 3 is 2.44 bits per heavy atom. The van der Waals surface area contributed by atoms with E-state index in [1.807, 2.05) is 6.92 Å². The Kier molecular flexibility index (Phi) is 4.28. The maximum atomic E-state index is 11.5. The first kappa shape index (κ1) is 14.4. The van der Waals surface area contributed by atoms with Crippen LogP contribution in [0.2, 0.25) is 0 Å². The average molecular weight is 272 g/mol. The first-order valence-corrected chi connectivity index (χ1v) is 6.27. The zero-order chi connectivity index (χ0) is 13.9. The van der Waals surface area contributed by atoms with Gasteiger partial charge in [0.05, 0.1) is 0 Å². The maximum absolute atomic E-state index is 11.5. The molecule has 0 fully saturated rings. The van der Waals surface area contributed by atoms with Crippen LogP contribution in [0.5, 0.6) is 0 Å². The Morgan fingerprint density at radius 1 is 1.44 bits per heavy atom. The molecule has 6 nitrogen and oxygen atoms in total. The molecule has 0 bridgehead atoms. The van der Waals surface area contributed by atoms with E-state index in [1.54, 1.807) is 20.8 Å². The van der Waals surface area contributed by atoms with E-state index in [1.165, 1.54) is 0 Å². The van der Waals surface area contributed by atoms with Gasteiger partial charge in [0.25, 0.3) is 0 Å². The number of ether oxygens (including phenoxy) is 1. The SMILES string of the molecule is CCc1sc(NC(=O)OC(C)(C)C)nc1C(=O)O. The number of anilines is 1. The molecule has 100 valence electrons. The Balaban J connectivity index is 2.80. The largest absolute Gasteiger partial charge is 0.476 e. The van der Waals surface area contributed by atoms with Crippen molar-refractivity contribution < 1.29 is 19.4 Å². The lowest BCUT2D eigenvalue weighted by atomic mass is 10.2. The van der Waals surface area contributed by atoms with Crippen LogP contribution in [-0.4, -0.2) is 27.8 Å². The summed E-state index contributed by atoms with van der Waals surface area (Å²) < 4.78 is 5.05. The number of carboxylic acids is 1. The minimum atomic E-state index is -1.10. The van der Waals surface area contributed by atoms with Crippen molar-refractivity contribution in [1.29, 1.82) is 0 Å². The predicted octanol–water partition coefficient (Wildman–Crippen LogP) is 2.75. The predicted molar refractivity (Wildman–Crippen MR) is 68.3 cm³/mol. The highest BCUT2D eigenvalue weighted by atomic mass is 32.1. The number of carbonyl (C=O) groups excluding carboxylic acids is 1. The van der Waals surface area contributed by atoms with Gasteiger partial charge in [-0.3, -0.25) is 5.32 Å². The van der Waals surface area contributed by atoms with E-state index < -0.39 is 17.7 Å². The zero-order valence-electron chi connectivity index (χ0n) is 10.7. The van der Waals surface area contributed by atoms with Gasteiger partial charge in [0.15, 0.2) is 10.8 Å². The molecule has 0 aliphatic rings. The van der Waals surface area contributed by atoms with E-state index >= 15 is 0 Å². The van der Waals surface area contributed by atoms with Crippen LogP contribution in [0, 0.1) is 0 Å². The summed E-state index contributed by atoms with van der Waals surface area (Å²) in [6.07, 6.45) is -0.0918. The number of thiazole rings is 1. The molecule has 0 aliphatic heterocycles. The van der Waals surface area contributed by atoms with E-state index in [2.05, 4.69) is 10.3 Å². The number of amides is 1. The smallest absolute Gasteiger partial charge is 0.413 e. The molecule has 0 atom stereocenters. The summed E-state index contributed by atoms with van der Waals surface area (Å²) in [6.45, 7) is 7.06. The molecule has 0 saturated heterocycles. The Bertz CT molecular complexity index is 462. The van der Waals surface area contributed by atoms with Gasteiger partial charge in [-0.15, -0.1) is 11.3 Å². The van der Waals surface area contributed by atoms with E-state index in [-0.39, 0.29) is 10.8 Å². The number of aryl methyl sites for hydroxylation is 1. The Hall–Kier alpha value is -1.63. The van der Waals surface area contributed by atoms with Crippen LogP contribution in [0.4, 0.5) is 9.93 Å². The molecule has 0 aliphatic carbocycles. The maximum Gasteiger partial charge on any atom is 0.413 e. The van der Waals surface area contributed by atoms with Gasteiger partial charge >= 0.3 is 12.1 Å². The number of hydrogen-bond acceptors (Lipinski definition) is 5. The third-order valence-corrected chi connectivity index (χ3v) is 2.94. The van der Waals surface area contributed by atoms with E-state index in [9.17, 15) is 9.59 Å². The molecule has 0 spiro atoms. The number of nitrogens with one attached hydrogen (secondary N) is 1. The van der Waals surface area contributed by atoms with E-state index in [4.69, 9.17) is 9.84 Å². The molecular weight excluding hydrogens is 256 g/mol. The number of hydrogen-bond donors (Lipinski definition) is 2. The minimum absolute atomic E-state index is 0.0199. The lowest BCUT2D eigenvalue weighted by Gasteiger charge is -2.18. The summed E-state index contributed by atoms with van der Waals surface area (Å²) >= 11 is 1.14. The Labute approximate surface area is 109 Å². The number of nitrogens with zero attached hydrogens (tertiary/aromatic N) is 1. The van der Waals surface area contributed by atoms with Crippen LogP contribution in [0.15, 0.2) is 0 Å². The van der Waals surface area contributed by atoms with Crippen molar-refractivity contribution in [3.05, 3.63) is 10.6 Å². The van der Waals surface area contributed by atoms with Gasteiger partial charge in [0.2, 0.25) is 0 Å². The lowest BCUT2D eigenvalue weighted by Crippen LogP contribution is -2.27. The number of aromatic nitrogens is 1. The summed E-state index contributed by atoms with van der Waals surface area (Å²) in [5.74, 6) is -1.10. The van der Waals surface area contributed by atoms with Crippen LogP contribution in [0.25, 0.3) is 0 Å². The molecule has 0 unspecified atom stereocenters. The third kappa shape index (κ3) is 3.99. The van der Waals surface area contributed by atoms with Crippen LogP contribution < -0.4 is 5.32 Å². The molecule has 0 radical (unpaired) electrons. The monoisotopic (exact) mass is 272 g/mol. The molecule has 1 aromatic heterocycles. The van der Waals surface area contributed by atoms with Crippen molar-refractivity contribution in [2.45, 2.75) is 39.7 Å². The molecule has 1 heterocycles. The second kappa shape index (κ2) is 5.34. The van der Waals surface area contributed by atoms with Gasteiger partial charge < -0.3 is 9.84 Å². The van der Waals surface area contributed by atoms with Gasteiger partial charge in [-0.2, -0.15) is 0 Å². The molecule has 0 aromatic carbocycles. The van der Waals surface area contributed by atoms with Crippen molar-refractivity contribution in [3.63, 3.8) is 0 Å². The number of carbonyl (C=O) groups is 2. The third-order valence-electron chi connectivity index (χ3n) is 1.83. The topological polar surface area (TPSA) is 88.5 Å². The second-order valence-electron chi connectivity index (χ2n) is 4.58. The summed E-state index contributed by atoms with van der Waals surface area (Å²) in [5, 5.41) is 11.6. The van der Waals surface area contributed by atoms with Crippen molar-refractivity contribution in [1.82, 2.24) is 4.98 Å². The minimum Gasteiger partial charge on any atom is -0.476 e. The molecule has 1 aromatic rings. The van der Waals surface area contributed by atoms with Crippen molar-refractivity contribution in [2.24, 2.45) is 0 Å². The van der Waals surface area contributed by atoms with Crippen LogP contribution in [0.3, 0.4) is 0 Å². The van der Waals surface area contributed by atoms with Gasteiger partial charge in [0, 0.05) is 4.88 Å². The molecule has 1 rings (SSSR count). The van der Waals surface area contributed by atoms with Gasteiger partial charge in [-0.1, -0.05) is 6.92 Å². The van der Waals surface area contributed by atoms with E-state index in [0.717, 1.165) is 11.3 Å². The number of aromatic carboxylic acids is 1. The molecule has 1 amide bonds. The number of rotatable bonds is 3. The summed E-state index contributed by atoms with van der Waals surface area (Å²) in [4.78, 5) is 26.9. The standard InChI is InChI=1S/C11H16N2O4S/c1-5-6-7(8(14)15)12-9(18-6)13-10(16)17-11(2,3)4/h5H2,1-4H3,(H,14,15)(H,12,13,16). The van der Waals surface area contributed by atoms with Crippen molar-refractivity contribution in [3.8, 4) is 0 Å². The van der Waals surface area contributed by atoms with Crippen LogP contribution in [-0.2, 0) is 11.2 Å². The fourth-order valence-electron chi connectivity index (χ4n) is 1.20. The number of carboxylic acid groups (broad SMARTS) is 1. The molecular formula is C11H16N2O4S. The second-order valence-corrected chi connectivity index (χ2v) is 5.66. The van der Waals surface area contributed by atoms with Crippen molar-refractivity contribution in [2.75, 3.05) is 5.32 Å².